The van der Waals surface area contributed by atoms with E-state index in [1.54, 1.807) is 14.2 Å². The maximum absolute atomic E-state index is 6.34. The fraction of sp³-hybridized carbons (Fsp3) is 0.571. The number of benzene rings is 1. The van der Waals surface area contributed by atoms with Crippen LogP contribution in [-0.4, -0.2) is 19.6 Å². The molecule has 0 amide bonds. The van der Waals surface area contributed by atoms with E-state index in [2.05, 4.69) is 0 Å². The van der Waals surface area contributed by atoms with E-state index in [-0.39, 0.29) is 0 Å². The lowest BCUT2D eigenvalue weighted by Crippen LogP contribution is -2.05. The Bertz CT molecular complexity index is 352. The third-order valence-corrected chi connectivity index (χ3v) is 3.91. The summed E-state index contributed by atoms with van der Waals surface area (Å²) in [6.07, 6.45) is 4.48. The SMILES string of the molecule is COc1cccc(OC)c1CCC(Cl)C1CC1. The van der Waals surface area contributed by atoms with E-state index in [1.165, 1.54) is 12.8 Å². The summed E-state index contributed by atoms with van der Waals surface area (Å²) in [4.78, 5) is 0. The molecule has 0 aromatic heterocycles. The number of halogens is 1. The zero-order chi connectivity index (χ0) is 12.3. The van der Waals surface area contributed by atoms with Gasteiger partial charge in [0.15, 0.2) is 0 Å². The maximum atomic E-state index is 6.34. The van der Waals surface area contributed by atoms with Gasteiger partial charge < -0.3 is 9.47 Å². The Kier molecular flexibility index (Phi) is 4.16. The second kappa shape index (κ2) is 5.63. The summed E-state index contributed by atoms with van der Waals surface area (Å²) in [5, 5.41) is 0.296. The van der Waals surface area contributed by atoms with Crippen LogP contribution in [0.4, 0.5) is 0 Å². The first-order valence-electron chi connectivity index (χ1n) is 6.10. The standard InChI is InChI=1S/C14H19ClO2/c1-16-13-4-3-5-14(17-2)11(13)8-9-12(15)10-6-7-10/h3-5,10,12H,6-9H2,1-2H3. The van der Waals surface area contributed by atoms with E-state index in [9.17, 15) is 0 Å². The quantitative estimate of drug-likeness (QED) is 0.722. The first-order chi connectivity index (χ1) is 8.26. The van der Waals surface area contributed by atoms with Gasteiger partial charge in [0.1, 0.15) is 11.5 Å². The molecule has 1 unspecified atom stereocenters. The van der Waals surface area contributed by atoms with Crippen LogP contribution in [0, 0.1) is 5.92 Å². The molecule has 0 aliphatic heterocycles. The van der Waals surface area contributed by atoms with Gasteiger partial charge in [0.05, 0.1) is 14.2 Å². The molecule has 0 N–H and O–H groups in total. The molecule has 94 valence electrons. The number of alkyl halides is 1. The average molecular weight is 255 g/mol. The van der Waals surface area contributed by atoms with Gasteiger partial charge >= 0.3 is 0 Å². The number of rotatable bonds is 6. The summed E-state index contributed by atoms with van der Waals surface area (Å²) in [6.45, 7) is 0. The van der Waals surface area contributed by atoms with Crippen LogP contribution >= 0.6 is 11.6 Å². The first-order valence-corrected chi connectivity index (χ1v) is 6.54. The predicted octanol–water partition coefficient (Wildman–Crippen LogP) is 3.65. The van der Waals surface area contributed by atoms with Crippen molar-refractivity contribution in [1.82, 2.24) is 0 Å². The number of hydrogen-bond donors (Lipinski definition) is 0. The summed E-state index contributed by atoms with van der Waals surface area (Å²) in [5.41, 5.74) is 1.13. The molecule has 0 bridgehead atoms. The zero-order valence-corrected chi connectivity index (χ0v) is 11.2. The molecule has 3 heteroatoms. The lowest BCUT2D eigenvalue weighted by Gasteiger charge is -2.14. The monoisotopic (exact) mass is 254 g/mol. The molecule has 2 rings (SSSR count). The van der Waals surface area contributed by atoms with Gasteiger partial charge in [-0.15, -0.1) is 11.6 Å². The van der Waals surface area contributed by atoms with Crippen molar-refractivity contribution in [1.29, 1.82) is 0 Å². The Morgan fingerprint density at radius 3 is 2.29 bits per heavy atom. The normalized spacial score (nSPS) is 16.6. The molecule has 1 atom stereocenters. The van der Waals surface area contributed by atoms with Gasteiger partial charge in [0, 0.05) is 10.9 Å². The van der Waals surface area contributed by atoms with Gasteiger partial charge in [0.25, 0.3) is 0 Å². The van der Waals surface area contributed by atoms with E-state index < -0.39 is 0 Å². The van der Waals surface area contributed by atoms with Crippen molar-refractivity contribution in [2.75, 3.05) is 14.2 Å². The molecule has 0 heterocycles. The Hall–Kier alpha value is -0.890. The molecular weight excluding hydrogens is 236 g/mol. The number of hydrogen-bond acceptors (Lipinski definition) is 2. The summed E-state index contributed by atoms with van der Waals surface area (Å²) in [5.74, 6) is 2.52. The highest BCUT2D eigenvalue weighted by Gasteiger charge is 2.29. The van der Waals surface area contributed by atoms with Gasteiger partial charge in [-0.25, -0.2) is 0 Å². The van der Waals surface area contributed by atoms with Crippen molar-refractivity contribution in [2.45, 2.75) is 31.1 Å². The smallest absolute Gasteiger partial charge is 0.125 e. The molecule has 0 spiro atoms. The van der Waals surface area contributed by atoms with E-state index >= 15 is 0 Å². The van der Waals surface area contributed by atoms with Gasteiger partial charge in [0.2, 0.25) is 0 Å². The summed E-state index contributed by atoms with van der Waals surface area (Å²) >= 11 is 6.34. The Morgan fingerprint density at radius 1 is 1.24 bits per heavy atom. The average Bonchev–Trinajstić information content (AvgIpc) is 3.19. The predicted molar refractivity (Wildman–Crippen MR) is 70.2 cm³/mol. The van der Waals surface area contributed by atoms with Crippen LogP contribution in [-0.2, 0) is 6.42 Å². The highest BCUT2D eigenvalue weighted by molar-refractivity contribution is 6.20. The zero-order valence-electron chi connectivity index (χ0n) is 10.4. The van der Waals surface area contributed by atoms with Gasteiger partial charge in [-0.1, -0.05) is 6.07 Å². The molecule has 0 radical (unpaired) electrons. The van der Waals surface area contributed by atoms with E-state index in [0.29, 0.717) is 5.38 Å². The second-order valence-corrected chi connectivity index (χ2v) is 5.09. The number of ether oxygens (including phenoxy) is 2. The van der Waals surface area contributed by atoms with Gasteiger partial charge in [-0.2, -0.15) is 0 Å². The third-order valence-electron chi connectivity index (χ3n) is 3.33. The molecule has 2 nitrogen and oxygen atoms in total. The van der Waals surface area contributed by atoms with Crippen LogP contribution < -0.4 is 9.47 Å². The number of methoxy groups -OCH3 is 2. The Balaban J connectivity index is 2.06. The maximum Gasteiger partial charge on any atom is 0.125 e. The molecule has 1 aliphatic carbocycles. The fourth-order valence-electron chi connectivity index (χ4n) is 2.15. The lowest BCUT2D eigenvalue weighted by molar-refractivity contribution is 0.384. The van der Waals surface area contributed by atoms with Crippen molar-refractivity contribution < 1.29 is 9.47 Å². The van der Waals surface area contributed by atoms with Crippen molar-refractivity contribution >= 4 is 11.6 Å². The second-order valence-electron chi connectivity index (χ2n) is 4.53. The van der Waals surface area contributed by atoms with Crippen molar-refractivity contribution in [3.63, 3.8) is 0 Å². The van der Waals surface area contributed by atoms with E-state index in [1.807, 2.05) is 18.2 Å². The van der Waals surface area contributed by atoms with Crippen molar-refractivity contribution in [3.8, 4) is 11.5 Å². The fourth-order valence-corrected chi connectivity index (χ4v) is 2.51. The third kappa shape index (κ3) is 3.06. The molecule has 17 heavy (non-hydrogen) atoms. The minimum Gasteiger partial charge on any atom is -0.496 e. The molecule has 1 aromatic rings. The summed E-state index contributed by atoms with van der Waals surface area (Å²) < 4.78 is 10.7. The Morgan fingerprint density at radius 2 is 1.82 bits per heavy atom. The van der Waals surface area contributed by atoms with Crippen LogP contribution in [0.15, 0.2) is 18.2 Å². The minimum absolute atomic E-state index is 0.296. The highest BCUT2D eigenvalue weighted by atomic mass is 35.5. The van der Waals surface area contributed by atoms with Crippen LogP contribution in [0.3, 0.4) is 0 Å². The van der Waals surface area contributed by atoms with Crippen molar-refractivity contribution in [3.05, 3.63) is 23.8 Å². The molecular formula is C14H19ClO2. The molecule has 1 aromatic carbocycles. The molecule has 1 saturated carbocycles. The van der Waals surface area contributed by atoms with Crippen LogP contribution in [0.1, 0.15) is 24.8 Å². The summed E-state index contributed by atoms with van der Waals surface area (Å²) in [7, 11) is 3.38. The Labute approximate surface area is 108 Å². The summed E-state index contributed by atoms with van der Waals surface area (Å²) in [6, 6.07) is 5.89. The molecule has 1 aliphatic rings. The highest BCUT2D eigenvalue weighted by Crippen LogP contribution is 2.39. The first kappa shape index (κ1) is 12.6. The molecule has 0 saturated heterocycles. The van der Waals surface area contributed by atoms with E-state index in [4.69, 9.17) is 21.1 Å². The van der Waals surface area contributed by atoms with Crippen molar-refractivity contribution in [2.24, 2.45) is 5.92 Å². The van der Waals surface area contributed by atoms with Gasteiger partial charge in [-0.3, -0.25) is 0 Å². The van der Waals surface area contributed by atoms with Crippen LogP contribution in [0.2, 0.25) is 0 Å². The topological polar surface area (TPSA) is 18.5 Å². The largest absolute Gasteiger partial charge is 0.496 e. The van der Waals surface area contributed by atoms with Crippen LogP contribution in [0.25, 0.3) is 0 Å². The lowest BCUT2D eigenvalue weighted by atomic mass is 10.0. The molecule has 1 fully saturated rings. The van der Waals surface area contributed by atoms with Crippen LogP contribution in [0.5, 0.6) is 11.5 Å². The van der Waals surface area contributed by atoms with Gasteiger partial charge in [-0.05, 0) is 43.7 Å². The van der Waals surface area contributed by atoms with E-state index in [0.717, 1.165) is 35.8 Å². The minimum atomic E-state index is 0.296.